The number of hydrogen-bond acceptors (Lipinski definition) is 5. The number of phenolic OH excluding ortho intramolecular Hbond substituents is 1. The van der Waals surface area contributed by atoms with Gasteiger partial charge in [0.25, 0.3) is 5.89 Å². The van der Waals surface area contributed by atoms with Gasteiger partial charge in [0.05, 0.1) is 5.56 Å². The van der Waals surface area contributed by atoms with Crippen LogP contribution >= 0.6 is 11.6 Å². The van der Waals surface area contributed by atoms with E-state index in [1.54, 1.807) is 19.2 Å². The molecule has 0 aliphatic rings. The van der Waals surface area contributed by atoms with E-state index in [4.69, 9.17) is 20.9 Å². The minimum Gasteiger partial charge on any atom is -0.507 e. The summed E-state index contributed by atoms with van der Waals surface area (Å²) in [5.41, 5.74) is 0.409. The number of aromatic hydroxyl groups is 1. The molecule has 18 heavy (non-hydrogen) atoms. The first-order chi connectivity index (χ1) is 8.65. The molecule has 0 aliphatic carbocycles. The molecule has 0 aliphatic heterocycles. The molecule has 0 saturated heterocycles. The lowest BCUT2D eigenvalue weighted by Crippen LogP contribution is -2.01. The van der Waals surface area contributed by atoms with Gasteiger partial charge in [-0.05, 0) is 24.6 Å². The van der Waals surface area contributed by atoms with Crippen molar-refractivity contribution in [3.8, 4) is 17.2 Å². The van der Waals surface area contributed by atoms with Crippen molar-refractivity contribution in [2.24, 2.45) is 0 Å². The van der Waals surface area contributed by atoms with E-state index < -0.39 is 0 Å². The van der Waals surface area contributed by atoms with Crippen LogP contribution in [-0.4, -0.2) is 22.4 Å². The standard InChI is InChI=1S/C12H13ClN2O3/c1-3-10(17-2)11-14-12(18-15-11)8-6-7(13)4-5-9(8)16/h4-6,10,16H,3H2,1-2H3. The number of halogens is 1. The molecule has 1 atom stereocenters. The van der Waals surface area contributed by atoms with Crippen molar-refractivity contribution in [1.29, 1.82) is 0 Å². The van der Waals surface area contributed by atoms with Gasteiger partial charge in [-0.25, -0.2) is 0 Å². The first kappa shape index (κ1) is 12.9. The maximum atomic E-state index is 9.73. The highest BCUT2D eigenvalue weighted by atomic mass is 35.5. The highest BCUT2D eigenvalue weighted by molar-refractivity contribution is 6.30. The number of aromatic nitrogens is 2. The molecule has 96 valence electrons. The third-order valence-corrected chi connectivity index (χ3v) is 2.81. The van der Waals surface area contributed by atoms with Crippen LogP contribution in [0.4, 0.5) is 0 Å². The maximum Gasteiger partial charge on any atom is 0.261 e. The van der Waals surface area contributed by atoms with Gasteiger partial charge < -0.3 is 14.4 Å². The minimum atomic E-state index is -0.219. The average Bonchev–Trinajstić information content (AvgIpc) is 2.83. The monoisotopic (exact) mass is 268 g/mol. The molecule has 0 amide bonds. The van der Waals surface area contributed by atoms with Gasteiger partial charge in [0.15, 0.2) is 0 Å². The normalized spacial score (nSPS) is 12.6. The lowest BCUT2D eigenvalue weighted by atomic mass is 10.2. The summed E-state index contributed by atoms with van der Waals surface area (Å²) in [4.78, 5) is 4.20. The Morgan fingerprint density at radius 1 is 1.50 bits per heavy atom. The Bertz CT molecular complexity index is 538. The average molecular weight is 269 g/mol. The van der Waals surface area contributed by atoms with E-state index in [0.29, 0.717) is 16.4 Å². The van der Waals surface area contributed by atoms with Crippen molar-refractivity contribution >= 4 is 11.6 Å². The second kappa shape index (κ2) is 5.37. The smallest absolute Gasteiger partial charge is 0.261 e. The van der Waals surface area contributed by atoms with Crippen molar-refractivity contribution < 1.29 is 14.4 Å². The second-order valence-electron chi connectivity index (χ2n) is 3.75. The summed E-state index contributed by atoms with van der Waals surface area (Å²) in [6, 6.07) is 4.64. The summed E-state index contributed by atoms with van der Waals surface area (Å²) in [5, 5.41) is 14.1. The first-order valence-corrected chi connectivity index (χ1v) is 5.88. The van der Waals surface area contributed by atoms with Crippen LogP contribution in [0.2, 0.25) is 5.02 Å². The number of ether oxygens (including phenoxy) is 1. The van der Waals surface area contributed by atoms with E-state index in [1.165, 1.54) is 6.07 Å². The summed E-state index contributed by atoms with van der Waals surface area (Å²) in [5.74, 6) is 0.718. The summed E-state index contributed by atoms with van der Waals surface area (Å²) in [6.07, 6.45) is 0.514. The molecule has 1 heterocycles. The van der Waals surface area contributed by atoms with Crippen molar-refractivity contribution in [2.45, 2.75) is 19.4 Å². The molecular formula is C12H13ClN2O3. The van der Waals surface area contributed by atoms with E-state index in [-0.39, 0.29) is 17.7 Å². The predicted octanol–water partition coefficient (Wildman–Crippen LogP) is 3.19. The fourth-order valence-electron chi connectivity index (χ4n) is 1.61. The minimum absolute atomic E-state index is 0.0417. The molecule has 0 saturated carbocycles. The van der Waals surface area contributed by atoms with Crippen LogP contribution < -0.4 is 0 Å². The van der Waals surface area contributed by atoms with Gasteiger partial charge in [-0.3, -0.25) is 0 Å². The fraction of sp³-hybridized carbons (Fsp3) is 0.333. The lowest BCUT2D eigenvalue weighted by Gasteiger charge is -2.06. The molecule has 0 spiro atoms. The third-order valence-electron chi connectivity index (χ3n) is 2.57. The van der Waals surface area contributed by atoms with Crippen molar-refractivity contribution in [3.63, 3.8) is 0 Å². The molecule has 5 nitrogen and oxygen atoms in total. The first-order valence-electron chi connectivity index (χ1n) is 5.51. The largest absolute Gasteiger partial charge is 0.507 e. The van der Waals surface area contributed by atoms with Gasteiger partial charge in [0.2, 0.25) is 5.82 Å². The van der Waals surface area contributed by atoms with E-state index in [9.17, 15) is 5.11 Å². The van der Waals surface area contributed by atoms with Gasteiger partial charge >= 0.3 is 0 Å². The number of phenols is 1. The van der Waals surface area contributed by atoms with Crippen LogP contribution in [0.15, 0.2) is 22.7 Å². The van der Waals surface area contributed by atoms with Crippen molar-refractivity contribution in [3.05, 3.63) is 29.0 Å². The van der Waals surface area contributed by atoms with Crippen LogP contribution in [0.3, 0.4) is 0 Å². The van der Waals surface area contributed by atoms with Gasteiger partial charge in [-0.1, -0.05) is 23.7 Å². The molecule has 2 rings (SSSR count). The fourth-order valence-corrected chi connectivity index (χ4v) is 1.78. The Morgan fingerprint density at radius 2 is 2.28 bits per heavy atom. The molecule has 1 unspecified atom stereocenters. The molecule has 1 aromatic carbocycles. The molecule has 2 aromatic rings. The van der Waals surface area contributed by atoms with Crippen molar-refractivity contribution in [1.82, 2.24) is 10.1 Å². The van der Waals surface area contributed by atoms with Gasteiger partial charge in [0, 0.05) is 12.1 Å². The molecule has 0 fully saturated rings. The van der Waals surface area contributed by atoms with E-state index in [0.717, 1.165) is 6.42 Å². The van der Waals surface area contributed by atoms with Crippen LogP contribution in [0.1, 0.15) is 25.3 Å². The van der Waals surface area contributed by atoms with Gasteiger partial charge in [-0.2, -0.15) is 4.98 Å². The van der Waals surface area contributed by atoms with Gasteiger partial charge in [0.1, 0.15) is 11.9 Å². The van der Waals surface area contributed by atoms with E-state index in [1.807, 2.05) is 6.92 Å². The lowest BCUT2D eigenvalue weighted by molar-refractivity contribution is 0.0903. The molecule has 0 radical (unpaired) electrons. The predicted molar refractivity (Wildman–Crippen MR) is 66.4 cm³/mol. The van der Waals surface area contributed by atoms with Crippen LogP contribution in [0.5, 0.6) is 5.75 Å². The third kappa shape index (κ3) is 2.47. The highest BCUT2D eigenvalue weighted by Gasteiger charge is 2.18. The maximum absolute atomic E-state index is 9.73. The topological polar surface area (TPSA) is 68.4 Å². The zero-order valence-corrected chi connectivity index (χ0v) is 10.8. The van der Waals surface area contributed by atoms with E-state index in [2.05, 4.69) is 10.1 Å². The molecule has 1 aromatic heterocycles. The molecule has 6 heteroatoms. The number of hydrogen-bond donors (Lipinski definition) is 1. The van der Waals surface area contributed by atoms with E-state index >= 15 is 0 Å². The van der Waals surface area contributed by atoms with Crippen LogP contribution in [0, 0.1) is 0 Å². The number of benzene rings is 1. The highest BCUT2D eigenvalue weighted by Crippen LogP contribution is 2.31. The molecular weight excluding hydrogens is 256 g/mol. The second-order valence-corrected chi connectivity index (χ2v) is 4.19. The Labute approximate surface area is 109 Å². The SMILES string of the molecule is CCC(OC)c1noc(-c2cc(Cl)ccc2O)n1. The van der Waals surface area contributed by atoms with Crippen molar-refractivity contribution in [2.75, 3.05) is 7.11 Å². The summed E-state index contributed by atoms with van der Waals surface area (Å²) in [6.45, 7) is 1.96. The van der Waals surface area contributed by atoms with Gasteiger partial charge in [-0.15, -0.1) is 0 Å². The summed E-state index contributed by atoms with van der Waals surface area (Å²) < 4.78 is 10.3. The quantitative estimate of drug-likeness (QED) is 0.922. The molecule has 0 bridgehead atoms. The summed E-state index contributed by atoms with van der Waals surface area (Å²) in [7, 11) is 1.58. The zero-order valence-electron chi connectivity index (χ0n) is 10.1. The number of methoxy groups -OCH3 is 1. The van der Waals surface area contributed by atoms with Crippen LogP contribution in [0.25, 0.3) is 11.5 Å². The number of nitrogens with zero attached hydrogens (tertiary/aromatic N) is 2. The molecule has 1 N–H and O–H groups in total. The Hall–Kier alpha value is -1.59. The Kier molecular flexibility index (Phi) is 3.84. The Morgan fingerprint density at radius 3 is 2.94 bits per heavy atom. The number of rotatable bonds is 4. The van der Waals surface area contributed by atoms with Crippen LogP contribution in [-0.2, 0) is 4.74 Å². The summed E-state index contributed by atoms with van der Waals surface area (Å²) >= 11 is 5.86. The zero-order chi connectivity index (χ0) is 13.1. The Balaban J connectivity index is 2.37.